The van der Waals surface area contributed by atoms with Crippen molar-refractivity contribution in [1.29, 1.82) is 0 Å². The summed E-state index contributed by atoms with van der Waals surface area (Å²) in [5.74, 6) is 0.511. The van der Waals surface area contributed by atoms with Crippen LogP contribution in [-0.4, -0.2) is 14.3 Å². The first-order chi connectivity index (χ1) is 10.4. The zero-order valence-corrected chi connectivity index (χ0v) is 13.7. The number of nitrogens with two attached hydrogens (primary N) is 1. The van der Waals surface area contributed by atoms with Crippen molar-refractivity contribution in [1.82, 2.24) is 5.32 Å². The molecule has 6 heteroatoms. The molecule has 0 bridgehead atoms. The first-order valence-electron chi connectivity index (χ1n) is 7.78. The summed E-state index contributed by atoms with van der Waals surface area (Å²) in [5.41, 5.74) is 0.739. The molecular formula is C16H24N2O3S. The summed E-state index contributed by atoms with van der Waals surface area (Å²) in [5, 5.41) is 8.08. The average molecular weight is 324 g/mol. The molecule has 2 rings (SSSR count). The maximum atomic E-state index is 12.1. The Morgan fingerprint density at radius 3 is 2.64 bits per heavy atom. The molecule has 0 unspecified atom stereocenters. The summed E-state index contributed by atoms with van der Waals surface area (Å²) >= 11 is 0. The molecule has 0 spiro atoms. The lowest BCUT2D eigenvalue weighted by atomic mass is 9.87. The summed E-state index contributed by atoms with van der Waals surface area (Å²) in [6, 6.07) is 6.16. The Bertz CT molecular complexity index is 622. The molecule has 1 aliphatic rings. The maximum absolute atomic E-state index is 12.1. The lowest BCUT2D eigenvalue weighted by Gasteiger charge is -2.22. The number of primary sulfonamides is 1. The molecular weight excluding hydrogens is 300 g/mol. The number of amides is 1. The number of rotatable bonds is 5. The molecule has 3 N–H and O–H groups in total. The van der Waals surface area contributed by atoms with Crippen LogP contribution >= 0.6 is 0 Å². The average Bonchev–Trinajstić information content (AvgIpc) is 2.47. The van der Waals surface area contributed by atoms with Crippen LogP contribution in [0, 0.1) is 5.92 Å². The van der Waals surface area contributed by atoms with Gasteiger partial charge in [0.2, 0.25) is 15.9 Å². The van der Waals surface area contributed by atoms with Crippen LogP contribution in [0.2, 0.25) is 0 Å². The summed E-state index contributed by atoms with van der Waals surface area (Å²) in [6.07, 6.45) is 6.51. The SMILES string of the molecule is C[C@H](NC(=O)CC1CCCCC1)c1cccc(S(N)(=O)=O)c1. The van der Waals surface area contributed by atoms with E-state index in [9.17, 15) is 13.2 Å². The van der Waals surface area contributed by atoms with Crippen molar-refractivity contribution in [2.45, 2.75) is 56.4 Å². The molecule has 0 heterocycles. The standard InChI is InChI=1S/C16H24N2O3S/c1-12(14-8-5-9-15(11-14)22(17,20)21)18-16(19)10-13-6-3-2-4-7-13/h5,8-9,11-13H,2-4,6-7,10H2,1H3,(H,18,19)(H2,17,20,21)/t12-/m0/s1. The van der Waals surface area contributed by atoms with Crippen molar-refractivity contribution >= 4 is 15.9 Å². The number of benzene rings is 1. The largest absolute Gasteiger partial charge is 0.350 e. The van der Waals surface area contributed by atoms with Gasteiger partial charge in [-0.2, -0.15) is 0 Å². The molecule has 0 radical (unpaired) electrons. The fourth-order valence-electron chi connectivity index (χ4n) is 3.00. The van der Waals surface area contributed by atoms with Gasteiger partial charge in [-0.3, -0.25) is 4.79 Å². The second-order valence-electron chi connectivity index (χ2n) is 6.11. The highest BCUT2D eigenvalue weighted by atomic mass is 32.2. The molecule has 1 atom stereocenters. The minimum Gasteiger partial charge on any atom is -0.350 e. The molecule has 122 valence electrons. The van der Waals surface area contributed by atoms with E-state index in [1.54, 1.807) is 12.1 Å². The Kier molecular flexibility index (Phi) is 5.58. The quantitative estimate of drug-likeness (QED) is 0.872. The smallest absolute Gasteiger partial charge is 0.238 e. The van der Waals surface area contributed by atoms with Crippen molar-refractivity contribution < 1.29 is 13.2 Å². The van der Waals surface area contributed by atoms with Gasteiger partial charge in [0.05, 0.1) is 10.9 Å². The number of sulfonamides is 1. The number of hydrogen-bond donors (Lipinski definition) is 2. The van der Waals surface area contributed by atoms with Crippen molar-refractivity contribution in [2.75, 3.05) is 0 Å². The van der Waals surface area contributed by atoms with E-state index in [0.717, 1.165) is 18.4 Å². The fraction of sp³-hybridized carbons (Fsp3) is 0.562. The van der Waals surface area contributed by atoms with Gasteiger partial charge in [-0.05, 0) is 43.4 Å². The third-order valence-corrected chi connectivity index (χ3v) is 5.17. The van der Waals surface area contributed by atoms with Gasteiger partial charge in [-0.1, -0.05) is 31.4 Å². The number of nitrogens with one attached hydrogen (secondary N) is 1. The minimum absolute atomic E-state index is 0.0282. The monoisotopic (exact) mass is 324 g/mol. The molecule has 1 aromatic rings. The van der Waals surface area contributed by atoms with Gasteiger partial charge in [0.1, 0.15) is 0 Å². The van der Waals surface area contributed by atoms with Crippen LogP contribution in [0.25, 0.3) is 0 Å². The third kappa shape index (κ3) is 4.81. The van der Waals surface area contributed by atoms with Crippen LogP contribution in [0.5, 0.6) is 0 Å². The van der Waals surface area contributed by atoms with Gasteiger partial charge < -0.3 is 5.32 Å². The first-order valence-corrected chi connectivity index (χ1v) is 9.33. The molecule has 0 aromatic heterocycles. The summed E-state index contributed by atoms with van der Waals surface area (Å²) in [7, 11) is -3.72. The molecule has 1 aliphatic carbocycles. The van der Waals surface area contributed by atoms with Crippen molar-refractivity contribution in [3.8, 4) is 0 Å². The van der Waals surface area contributed by atoms with Crippen molar-refractivity contribution in [3.63, 3.8) is 0 Å². The molecule has 1 aromatic carbocycles. The lowest BCUT2D eigenvalue weighted by Crippen LogP contribution is -2.29. The van der Waals surface area contributed by atoms with E-state index >= 15 is 0 Å². The highest BCUT2D eigenvalue weighted by molar-refractivity contribution is 7.89. The zero-order valence-electron chi connectivity index (χ0n) is 12.9. The van der Waals surface area contributed by atoms with Crippen LogP contribution in [0.4, 0.5) is 0 Å². The molecule has 1 fully saturated rings. The van der Waals surface area contributed by atoms with Gasteiger partial charge in [0.15, 0.2) is 0 Å². The van der Waals surface area contributed by atoms with Gasteiger partial charge >= 0.3 is 0 Å². The fourth-order valence-corrected chi connectivity index (χ4v) is 3.57. The molecule has 1 amide bonds. The normalized spacial score (nSPS) is 17.9. The molecule has 5 nitrogen and oxygen atoms in total. The van der Waals surface area contributed by atoms with Crippen LogP contribution in [0.3, 0.4) is 0 Å². The maximum Gasteiger partial charge on any atom is 0.238 e. The van der Waals surface area contributed by atoms with Crippen molar-refractivity contribution in [2.24, 2.45) is 11.1 Å². The van der Waals surface area contributed by atoms with Gasteiger partial charge in [-0.25, -0.2) is 13.6 Å². The summed E-state index contributed by atoms with van der Waals surface area (Å²) < 4.78 is 22.8. The molecule has 0 saturated heterocycles. The Morgan fingerprint density at radius 2 is 2.00 bits per heavy atom. The van der Waals surface area contributed by atoms with Crippen molar-refractivity contribution in [3.05, 3.63) is 29.8 Å². The second kappa shape index (κ2) is 7.24. The van der Waals surface area contributed by atoms with Crippen LogP contribution in [-0.2, 0) is 14.8 Å². The van der Waals surface area contributed by atoms with Gasteiger partial charge in [-0.15, -0.1) is 0 Å². The van der Waals surface area contributed by atoms with E-state index in [1.165, 1.54) is 31.4 Å². The first kappa shape index (κ1) is 17.0. The Morgan fingerprint density at radius 1 is 1.32 bits per heavy atom. The topological polar surface area (TPSA) is 89.3 Å². The van der Waals surface area contributed by atoms with E-state index in [4.69, 9.17) is 5.14 Å². The number of hydrogen-bond acceptors (Lipinski definition) is 3. The summed E-state index contributed by atoms with van der Waals surface area (Å²) in [6.45, 7) is 1.85. The third-order valence-electron chi connectivity index (χ3n) is 4.26. The Labute approximate surface area is 132 Å². The van der Waals surface area contributed by atoms with Crippen LogP contribution in [0.15, 0.2) is 29.2 Å². The predicted octanol–water partition coefficient (Wildman–Crippen LogP) is 2.48. The van der Waals surface area contributed by atoms with E-state index in [0.29, 0.717) is 12.3 Å². The van der Waals surface area contributed by atoms with E-state index < -0.39 is 10.0 Å². The Balaban J connectivity index is 1.96. The number of carbonyl (C=O) groups is 1. The summed E-state index contributed by atoms with van der Waals surface area (Å²) in [4.78, 5) is 12.2. The predicted molar refractivity (Wildman–Crippen MR) is 85.6 cm³/mol. The highest BCUT2D eigenvalue weighted by Crippen LogP contribution is 2.26. The van der Waals surface area contributed by atoms with Crippen LogP contribution in [0.1, 0.15) is 57.1 Å². The highest BCUT2D eigenvalue weighted by Gasteiger charge is 2.19. The zero-order chi connectivity index (χ0) is 16.2. The molecule has 1 saturated carbocycles. The Hall–Kier alpha value is -1.40. The molecule has 22 heavy (non-hydrogen) atoms. The van der Waals surface area contributed by atoms with E-state index in [-0.39, 0.29) is 16.8 Å². The molecule has 0 aliphatic heterocycles. The second-order valence-corrected chi connectivity index (χ2v) is 7.68. The van der Waals surface area contributed by atoms with Gasteiger partial charge in [0.25, 0.3) is 0 Å². The lowest BCUT2D eigenvalue weighted by molar-refractivity contribution is -0.122. The van der Waals surface area contributed by atoms with Crippen LogP contribution < -0.4 is 10.5 Å². The number of carbonyl (C=O) groups excluding carboxylic acids is 1. The van der Waals surface area contributed by atoms with Gasteiger partial charge in [0, 0.05) is 6.42 Å². The minimum atomic E-state index is -3.72. The van der Waals surface area contributed by atoms with E-state index in [2.05, 4.69) is 5.32 Å². The van der Waals surface area contributed by atoms with E-state index in [1.807, 2.05) is 6.92 Å².